The Bertz CT molecular complexity index is 271. The van der Waals surface area contributed by atoms with Crippen molar-refractivity contribution in [1.29, 1.82) is 0 Å². The van der Waals surface area contributed by atoms with Crippen molar-refractivity contribution in [2.45, 2.75) is 52.7 Å². The second kappa shape index (κ2) is 6.42. The topological polar surface area (TPSA) is 81.5 Å². The highest BCUT2D eigenvalue weighted by Crippen LogP contribution is 2.09. The number of ether oxygens (including phenoxy) is 1. The van der Waals surface area contributed by atoms with E-state index in [1.54, 1.807) is 20.8 Å². The number of carbonyl (C=O) groups is 1. The third-order valence-corrected chi connectivity index (χ3v) is 1.85. The summed E-state index contributed by atoms with van der Waals surface area (Å²) in [4.78, 5) is 21.5. The maximum absolute atomic E-state index is 11.5. The quantitative estimate of drug-likeness (QED) is 0.595. The van der Waals surface area contributed by atoms with Gasteiger partial charge >= 0.3 is 6.09 Å². The van der Waals surface area contributed by atoms with E-state index in [0.717, 1.165) is 0 Å². The lowest BCUT2D eigenvalue weighted by molar-refractivity contribution is -0.483. The Morgan fingerprint density at radius 3 is 2.29 bits per heavy atom. The minimum Gasteiger partial charge on any atom is -0.444 e. The highest BCUT2D eigenvalue weighted by atomic mass is 16.6. The fraction of sp³-hybridized carbons (Fsp3) is 0.909. The molecular formula is C11H22N2O4. The van der Waals surface area contributed by atoms with Gasteiger partial charge in [0.05, 0.1) is 6.04 Å². The lowest BCUT2D eigenvalue weighted by Crippen LogP contribution is -2.43. The van der Waals surface area contributed by atoms with Gasteiger partial charge in [-0.05, 0) is 33.1 Å². The van der Waals surface area contributed by atoms with Crippen LogP contribution in [0.1, 0.15) is 41.0 Å². The predicted molar refractivity (Wildman–Crippen MR) is 64.5 cm³/mol. The largest absolute Gasteiger partial charge is 0.444 e. The molecule has 6 heteroatoms. The molecule has 0 aromatic carbocycles. The second-order valence-electron chi connectivity index (χ2n) is 5.49. The average Bonchev–Trinajstić information content (AvgIpc) is 1.95. The van der Waals surface area contributed by atoms with Crippen molar-refractivity contribution in [1.82, 2.24) is 5.32 Å². The average molecular weight is 246 g/mol. The molecule has 0 aromatic heterocycles. The minimum absolute atomic E-state index is 0.273. The minimum atomic E-state index is -0.606. The Balaban J connectivity index is 4.32. The van der Waals surface area contributed by atoms with E-state index in [-0.39, 0.29) is 12.5 Å². The first-order chi connectivity index (χ1) is 7.60. The monoisotopic (exact) mass is 246 g/mol. The molecule has 100 valence electrons. The van der Waals surface area contributed by atoms with Gasteiger partial charge in [0, 0.05) is 4.92 Å². The Morgan fingerprint density at radius 2 is 1.94 bits per heavy atom. The van der Waals surface area contributed by atoms with E-state index in [2.05, 4.69) is 5.32 Å². The number of nitrogens with zero attached hydrogens (tertiary/aromatic N) is 1. The van der Waals surface area contributed by atoms with Gasteiger partial charge in [0.25, 0.3) is 0 Å². The van der Waals surface area contributed by atoms with Crippen molar-refractivity contribution in [2.24, 2.45) is 5.92 Å². The fourth-order valence-electron chi connectivity index (χ4n) is 1.40. The Hall–Kier alpha value is -1.33. The van der Waals surface area contributed by atoms with Crippen LogP contribution >= 0.6 is 0 Å². The van der Waals surface area contributed by atoms with E-state index < -0.39 is 22.7 Å². The van der Waals surface area contributed by atoms with Gasteiger partial charge in [0.2, 0.25) is 6.54 Å². The van der Waals surface area contributed by atoms with Crippen LogP contribution in [0.3, 0.4) is 0 Å². The van der Waals surface area contributed by atoms with E-state index in [9.17, 15) is 14.9 Å². The van der Waals surface area contributed by atoms with Gasteiger partial charge in [0.15, 0.2) is 0 Å². The van der Waals surface area contributed by atoms with Gasteiger partial charge < -0.3 is 10.1 Å². The number of alkyl carbamates (subject to hydrolysis) is 1. The van der Waals surface area contributed by atoms with Crippen molar-refractivity contribution in [3.63, 3.8) is 0 Å². The molecule has 0 radical (unpaired) electrons. The van der Waals surface area contributed by atoms with E-state index in [0.29, 0.717) is 6.42 Å². The number of hydrogen-bond donors (Lipinski definition) is 1. The summed E-state index contributed by atoms with van der Waals surface area (Å²) in [5, 5.41) is 13.0. The SMILES string of the molecule is CC(C)C[C@@H](C[N+](=O)[O-])NC(=O)OC(C)(C)C. The zero-order valence-corrected chi connectivity index (χ0v) is 11.1. The Kier molecular flexibility index (Phi) is 5.91. The first-order valence-corrected chi connectivity index (χ1v) is 5.71. The van der Waals surface area contributed by atoms with Crippen molar-refractivity contribution in [3.8, 4) is 0 Å². The molecule has 6 nitrogen and oxygen atoms in total. The van der Waals surface area contributed by atoms with Crippen molar-refractivity contribution >= 4 is 6.09 Å². The first kappa shape index (κ1) is 15.7. The molecule has 0 fully saturated rings. The molecule has 1 atom stereocenters. The van der Waals surface area contributed by atoms with Crippen LogP contribution in [0.2, 0.25) is 0 Å². The van der Waals surface area contributed by atoms with Crippen LogP contribution in [0.15, 0.2) is 0 Å². The van der Waals surface area contributed by atoms with E-state index in [1.165, 1.54) is 0 Å². The summed E-state index contributed by atoms with van der Waals surface area (Å²) >= 11 is 0. The van der Waals surface area contributed by atoms with Gasteiger partial charge in [-0.15, -0.1) is 0 Å². The van der Waals surface area contributed by atoms with E-state index >= 15 is 0 Å². The van der Waals surface area contributed by atoms with Gasteiger partial charge in [-0.3, -0.25) is 10.1 Å². The van der Waals surface area contributed by atoms with E-state index in [4.69, 9.17) is 4.74 Å². The third-order valence-electron chi connectivity index (χ3n) is 1.85. The fourth-order valence-corrected chi connectivity index (χ4v) is 1.40. The van der Waals surface area contributed by atoms with Crippen LogP contribution in [0.25, 0.3) is 0 Å². The van der Waals surface area contributed by atoms with Crippen LogP contribution in [-0.2, 0) is 4.74 Å². The number of rotatable bonds is 5. The third kappa shape index (κ3) is 9.59. The summed E-state index contributed by atoms with van der Waals surface area (Å²) in [7, 11) is 0. The predicted octanol–water partition coefficient (Wildman–Crippen LogP) is 2.20. The summed E-state index contributed by atoms with van der Waals surface area (Å²) in [6, 6.07) is -0.486. The molecule has 0 saturated heterocycles. The molecule has 1 amide bonds. The summed E-state index contributed by atoms with van der Waals surface area (Å²) in [6.45, 7) is 8.86. The lowest BCUT2D eigenvalue weighted by atomic mass is 10.0. The zero-order valence-electron chi connectivity index (χ0n) is 11.1. The van der Waals surface area contributed by atoms with Gasteiger partial charge in [0.1, 0.15) is 5.60 Å². The molecule has 17 heavy (non-hydrogen) atoms. The molecule has 0 aliphatic carbocycles. The summed E-state index contributed by atoms with van der Waals surface area (Å²) in [5.74, 6) is 0.273. The van der Waals surface area contributed by atoms with Gasteiger partial charge in [-0.2, -0.15) is 0 Å². The highest BCUT2D eigenvalue weighted by Gasteiger charge is 2.23. The van der Waals surface area contributed by atoms with Crippen molar-refractivity contribution < 1.29 is 14.5 Å². The molecule has 0 aliphatic heterocycles. The number of nitrogens with one attached hydrogen (secondary N) is 1. The lowest BCUT2D eigenvalue weighted by Gasteiger charge is -2.22. The molecule has 0 saturated carbocycles. The van der Waals surface area contributed by atoms with Crippen LogP contribution in [0.4, 0.5) is 4.79 Å². The van der Waals surface area contributed by atoms with Gasteiger partial charge in [-0.25, -0.2) is 4.79 Å². The number of nitro groups is 1. The van der Waals surface area contributed by atoms with Crippen molar-refractivity contribution in [3.05, 3.63) is 10.1 Å². The van der Waals surface area contributed by atoms with Crippen molar-refractivity contribution in [2.75, 3.05) is 6.54 Å². The molecule has 0 spiro atoms. The molecule has 1 N–H and O–H groups in total. The molecule has 0 aromatic rings. The molecule has 0 rings (SSSR count). The molecule has 0 bridgehead atoms. The standard InChI is InChI=1S/C11H22N2O4/c1-8(2)6-9(7-13(15)16)12-10(14)17-11(3,4)5/h8-9H,6-7H2,1-5H3,(H,12,14)/t9-/m0/s1. The summed E-state index contributed by atoms with van der Waals surface area (Å²) in [5.41, 5.74) is -0.596. The first-order valence-electron chi connectivity index (χ1n) is 5.71. The summed E-state index contributed by atoms with van der Waals surface area (Å²) < 4.78 is 5.06. The van der Waals surface area contributed by atoms with Crippen LogP contribution in [0, 0.1) is 16.0 Å². The van der Waals surface area contributed by atoms with Crippen LogP contribution in [-0.4, -0.2) is 29.2 Å². The smallest absolute Gasteiger partial charge is 0.408 e. The van der Waals surface area contributed by atoms with Crippen LogP contribution in [0.5, 0.6) is 0 Å². The normalized spacial score (nSPS) is 13.3. The van der Waals surface area contributed by atoms with Gasteiger partial charge in [-0.1, -0.05) is 13.8 Å². The number of carbonyl (C=O) groups excluding carboxylic acids is 1. The maximum atomic E-state index is 11.5. The molecule has 0 heterocycles. The number of hydrogen-bond acceptors (Lipinski definition) is 4. The number of amides is 1. The molecule has 0 aliphatic rings. The van der Waals surface area contributed by atoms with E-state index in [1.807, 2.05) is 13.8 Å². The second-order valence-corrected chi connectivity index (χ2v) is 5.49. The summed E-state index contributed by atoms with van der Waals surface area (Å²) in [6.07, 6.45) is -0.0507. The molecule has 0 unspecified atom stereocenters. The Labute approximate surface area is 102 Å². The highest BCUT2D eigenvalue weighted by molar-refractivity contribution is 5.68. The maximum Gasteiger partial charge on any atom is 0.408 e. The van der Waals surface area contributed by atoms with Crippen LogP contribution < -0.4 is 5.32 Å². The Morgan fingerprint density at radius 1 is 1.41 bits per heavy atom. The zero-order chi connectivity index (χ0) is 13.6. The molecular weight excluding hydrogens is 224 g/mol.